The number of benzene rings is 2. The van der Waals surface area contributed by atoms with Gasteiger partial charge in [-0.25, -0.2) is 0 Å². The number of nitrogens with zero attached hydrogens (tertiary/aromatic N) is 1. The van der Waals surface area contributed by atoms with Crippen LogP contribution >= 0.6 is 11.6 Å². The summed E-state index contributed by atoms with van der Waals surface area (Å²) >= 11 is 6.05. The van der Waals surface area contributed by atoms with Gasteiger partial charge in [0.05, 0.1) is 17.8 Å². The number of para-hydroxylation sites is 1. The van der Waals surface area contributed by atoms with E-state index in [-0.39, 0.29) is 0 Å². The number of carbonyl (C=O) groups is 1. The Bertz CT molecular complexity index is 543. The summed E-state index contributed by atoms with van der Waals surface area (Å²) in [7, 11) is 1.55. The van der Waals surface area contributed by atoms with Crippen molar-refractivity contribution in [1.82, 2.24) is 0 Å². The predicted molar refractivity (Wildman–Crippen MR) is 72.6 cm³/mol. The van der Waals surface area contributed by atoms with Gasteiger partial charge in [0.1, 0.15) is 5.75 Å². The van der Waals surface area contributed by atoms with Gasteiger partial charge in [0.2, 0.25) is 6.41 Å². The second-order valence-corrected chi connectivity index (χ2v) is 4.04. The molecule has 0 atom stereocenters. The molecule has 0 bridgehead atoms. The fourth-order valence-electron chi connectivity index (χ4n) is 1.66. The number of anilines is 2. The van der Waals surface area contributed by atoms with E-state index in [1.165, 1.54) is 4.90 Å². The van der Waals surface area contributed by atoms with Crippen molar-refractivity contribution in [1.29, 1.82) is 0 Å². The maximum atomic E-state index is 11.2. The molecule has 18 heavy (non-hydrogen) atoms. The highest BCUT2D eigenvalue weighted by atomic mass is 35.5. The van der Waals surface area contributed by atoms with Gasteiger partial charge in [-0.05, 0) is 30.3 Å². The number of halogens is 1. The number of amides is 1. The van der Waals surface area contributed by atoms with E-state index in [0.29, 0.717) is 16.5 Å². The molecule has 0 saturated carbocycles. The van der Waals surface area contributed by atoms with Crippen molar-refractivity contribution in [2.45, 2.75) is 0 Å². The quantitative estimate of drug-likeness (QED) is 0.787. The molecule has 0 fully saturated rings. The third-order valence-electron chi connectivity index (χ3n) is 2.55. The number of methoxy groups -OCH3 is 1. The van der Waals surface area contributed by atoms with Crippen molar-refractivity contribution in [2.75, 3.05) is 12.0 Å². The number of hydrogen-bond acceptors (Lipinski definition) is 2. The largest absolute Gasteiger partial charge is 0.495 e. The van der Waals surface area contributed by atoms with Crippen LogP contribution in [0.2, 0.25) is 5.02 Å². The Morgan fingerprint density at radius 1 is 1.11 bits per heavy atom. The molecule has 1 amide bonds. The second kappa shape index (κ2) is 5.56. The van der Waals surface area contributed by atoms with E-state index in [1.54, 1.807) is 25.3 Å². The number of rotatable bonds is 4. The number of ether oxygens (including phenoxy) is 1. The molecule has 2 rings (SSSR count). The highest BCUT2D eigenvalue weighted by Crippen LogP contribution is 2.31. The fraction of sp³-hybridized carbons (Fsp3) is 0.0714. The van der Waals surface area contributed by atoms with Crippen LogP contribution in [0.25, 0.3) is 0 Å². The smallest absolute Gasteiger partial charge is 0.218 e. The van der Waals surface area contributed by atoms with Gasteiger partial charge < -0.3 is 4.74 Å². The minimum absolute atomic E-state index is 0.470. The first-order valence-electron chi connectivity index (χ1n) is 5.39. The van der Waals surface area contributed by atoms with Gasteiger partial charge in [0, 0.05) is 5.69 Å². The predicted octanol–water partition coefficient (Wildman–Crippen LogP) is 3.64. The van der Waals surface area contributed by atoms with E-state index in [0.717, 1.165) is 12.1 Å². The Hall–Kier alpha value is -2.00. The van der Waals surface area contributed by atoms with E-state index in [1.807, 2.05) is 30.3 Å². The van der Waals surface area contributed by atoms with Crippen molar-refractivity contribution < 1.29 is 9.53 Å². The van der Waals surface area contributed by atoms with Crippen molar-refractivity contribution in [3.63, 3.8) is 0 Å². The maximum Gasteiger partial charge on any atom is 0.218 e. The monoisotopic (exact) mass is 261 g/mol. The van der Waals surface area contributed by atoms with Gasteiger partial charge in [0.15, 0.2) is 0 Å². The SMILES string of the molecule is COc1ccc(N(C=O)c2ccccc2)cc1Cl. The summed E-state index contributed by atoms with van der Waals surface area (Å²) in [4.78, 5) is 12.7. The molecule has 0 radical (unpaired) electrons. The third-order valence-corrected chi connectivity index (χ3v) is 2.85. The van der Waals surface area contributed by atoms with Crippen molar-refractivity contribution in [3.05, 3.63) is 53.6 Å². The first kappa shape index (κ1) is 12.5. The van der Waals surface area contributed by atoms with E-state index < -0.39 is 0 Å². The van der Waals surface area contributed by atoms with Gasteiger partial charge in [-0.3, -0.25) is 9.69 Å². The van der Waals surface area contributed by atoms with Gasteiger partial charge >= 0.3 is 0 Å². The molecule has 4 heteroatoms. The summed E-state index contributed by atoms with van der Waals surface area (Å²) in [6.45, 7) is 0. The topological polar surface area (TPSA) is 29.5 Å². The highest BCUT2D eigenvalue weighted by molar-refractivity contribution is 6.32. The lowest BCUT2D eigenvalue weighted by Crippen LogP contribution is -2.13. The van der Waals surface area contributed by atoms with E-state index in [4.69, 9.17) is 16.3 Å². The van der Waals surface area contributed by atoms with Gasteiger partial charge in [-0.1, -0.05) is 29.8 Å². The summed E-state index contributed by atoms with van der Waals surface area (Å²) in [5.41, 5.74) is 1.48. The Morgan fingerprint density at radius 3 is 2.39 bits per heavy atom. The average Bonchev–Trinajstić information content (AvgIpc) is 2.41. The average molecular weight is 262 g/mol. The number of hydrogen-bond donors (Lipinski definition) is 0. The minimum atomic E-state index is 0.470. The Kier molecular flexibility index (Phi) is 3.85. The normalized spacial score (nSPS) is 9.89. The summed E-state index contributed by atoms with van der Waals surface area (Å²) in [6.07, 6.45) is 0.757. The van der Waals surface area contributed by atoms with Crippen LogP contribution in [-0.2, 0) is 4.79 Å². The molecule has 0 spiro atoms. The molecule has 2 aromatic rings. The summed E-state index contributed by atoms with van der Waals surface area (Å²) in [5.74, 6) is 0.583. The highest BCUT2D eigenvalue weighted by Gasteiger charge is 2.10. The first-order valence-corrected chi connectivity index (χ1v) is 5.77. The minimum Gasteiger partial charge on any atom is -0.495 e. The Morgan fingerprint density at radius 2 is 1.83 bits per heavy atom. The summed E-state index contributed by atoms with van der Waals surface area (Å²) in [5, 5.41) is 0.470. The van der Waals surface area contributed by atoms with Crippen LogP contribution in [0.3, 0.4) is 0 Å². The van der Waals surface area contributed by atoms with E-state index >= 15 is 0 Å². The zero-order valence-electron chi connectivity index (χ0n) is 9.84. The van der Waals surface area contributed by atoms with Crippen molar-refractivity contribution in [2.24, 2.45) is 0 Å². The maximum absolute atomic E-state index is 11.2. The molecule has 2 aromatic carbocycles. The fourth-order valence-corrected chi connectivity index (χ4v) is 1.92. The molecular weight excluding hydrogens is 250 g/mol. The molecule has 0 heterocycles. The molecule has 0 aliphatic heterocycles. The van der Waals surface area contributed by atoms with E-state index in [9.17, 15) is 4.79 Å². The molecule has 0 aromatic heterocycles. The molecule has 0 aliphatic carbocycles. The standard InChI is InChI=1S/C14H12ClNO2/c1-18-14-8-7-12(9-13(14)15)16(10-17)11-5-3-2-4-6-11/h2-10H,1H3. The van der Waals surface area contributed by atoms with Gasteiger partial charge in [0.25, 0.3) is 0 Å². The lowest BCUT2D eigenvalue weighted by molar-refractivity contribution is -0.106. The van der Waals surface area contributed by atoms with Crippen LogP contribution in [0.15, 0.2) is 48.5 Å². The number of carbonyl (C=O) groups excluding carboxylic acids is 1. The molecule has 0 aliphatic rings. The lowest BCUT2D eigenvalue weighted by Gasteiger charge is -2.18. The van der Waals surface area contributed by atoms with Crippen LogP contribution in [0.1, 0.15) is 0 Å². The van der Waals surface area contributed by atoms with Crippen molar-refractivity contribution in [3.8, 4) is 5.75 Å². The second-order valence-electron chi connectivity index (χ2n) is 3.63. The van der Waals surface area contributed by atoms with Crippen LogP contribution in [0.4, 0.5) is 11.4 Å². The molecule has 0 saturated heterocycles. The molecule has 3 nitrogen and oxygen atoms in total. The van der Waals surface area contributed by atoms with Crippen LogP contribution in [-0.4, -0.2) is 13.5 Å². The van der Waals surface area contributed by atoms with Gasteiger partial charge in [-0.2, -0.15) is 0 Å². The van der Waals surface area contributed by atoms with Crippen molar-refractivity contribution >= 4 is 29.4 Å². The zero-order valence-corrected chi connectivity index (χ0v) is 10.6. The Labute approximate surface area is 111 Å². The van der Waals surface area contributed by atoms with Gasteiger partial charge in [-0.15, -0.1) is 0 Å². The van der Waals surface area contributed by atoms with Crippen LogP contribution in [0.5, 0.6) is 5.75 Å². The lowest BCUT2D eigenvalue weighted by atomic mass is 10.2. The van der Waals surface area contributed by atoms with Crippen LogP contribution < -0.4 is 9.64 Å². The summed E-state index contributed by atoms with van der Waals surface area (Å²) < 4.78 is 5.08. The summed E-state index contributed by atoms with van der Waals surface area (Å²) in [6, 6.07) is 14.6. The molecular formula is C14H12ClNO2. The van der Waals surface area contributed by atoms with Crippen LogP contribution in [0, 0.1) is 0 Å². The molecule has 0 unspecified atom stereocenters. The Balaban J connectivity index is 2.40. The van der Waals surface area contributed by atoms with E-state index in [2.05, 4.69) is 0 Å². The zero-order chi connectivity index (χ0) is 13.0. The molecule has 0 N–H and O–H groups in total. The first-order chi connectivity index (χ1) is 8.76. The molecule has 92 valence electrons. The third kappa shape index (κ3) is 2.46.